The van der Waals surface area contributed by atoms with E-state index in [1.807, 2.05) is 0 Å². The summed E-state index contributed by atoms with van der Waals surface area (Å²) >= 11 is 0. The predicted molar refractivity (Wildman–Crippen MR) is 143 cm³/mol. The molecule has 1 atom stereocenters. The molecule has 0 radical (unpaired) electrons. The van der Waals surface area contributed by atoms with Crippen LogP contribution in [-0.4, -0.2) is 37.5 Å². The highest BCUT2D eigenvalue weighted by molar-refractivity contribution is 6.09. The number of halogens is 2. The van der Waals surface area contributed by atoms with E-state index in [2.05, 4.69) is 15.0 Å². The number of amides is 2. The average molecular weight is 539 g/mol. The standard InChI is InChI=1S/C30H24F2N6O2/c1-18(19-3-2-4-20(15-19)27(39)37-16-25-26(17-37)35-14-13-34-25)38-28(40)30(36-29(38)33,21-5-9-23(31)10-6-21)22-7-11-24(32)12-8-22/h2-15,18H,16-17H2,1H3,(H2,33,36)/t18-/m1/s1. The van der Waals surface area contributed by atoms with Gasteiger partial charge in [0.05, 0.1) is 30.5 Å². The van der Waals surface area contributed by atoms with Crippen molar-refractivity contribution in [2.24, 2.45) is 10.7 Å². The quantitative estimate of drug-likeness (QED) is 0.413. The van der Waals surface area contributed by atoms with Crippen molar-refractivity contribution in [3.8, 4) is 0 Å². The molecule has 2 aliphatic heterocycles. The van der Waals surface area contributed by atoms with E-state index in [-0.39, 0.29) is 11.9 Å². The lowest BCUT2D eigenvalue weighted by Crippen LogP contribution is -2.44. The normalized spacial score (nSPS) is 16.6. The van der Waals surface area contributed by atoms with Crippen molar-refractivity contribution in [1.29, 1.82) is 0 Å². The first-order chi connectivity index (χ1) is 19.3. The number of aliphatic imine (C=N–C) groups is 1. The highest BCUT2D eigenvalue weighted by Crippen LogP contribution is 2.42. The molecule has 0 saturated carbocycles. The van der Waals surface area contributed by atoms with E-state index in [1.54, 1.807) is 48.5 Å². The summed E-state index contributed by atoms with van der Waals surface area (Å²) in [6.07, 6.45) is 3.21. The lowest BCUT2D eigenvalue weighted by Gasteiger charge is -2.30. The third-order valence-electron chi connectivity index (χ3n) is 7.41. The molecule has 200 valence electrons. The van der Waals surface area contributed by atoms with E-state index in [0.29, 0.717) is 35.3 Å². The predicted octanol–water partition coefficient (Wildman–Crippen LogP) is 4.07. The minimum atomic E-state index is -1.63. The SMILES string of the molecule is C[C@H](c1cccc(C(=O)N2Cc3nccnc3C2)c1)N1C(=O)C(c2ccc(F)cc2)(c2ccc(F)cc2)N=C1N. The van der Waals surface area contributed by atoms with Gasteiger partial charge in [-0.3, -0.25) is 24.5 Å². The third kappa shape index (κ3) is 4.08. The Balaban J connectivity index is 1.33. The summed E-state index contributed by atoms with van der Waals surface area (Å²) in [5, 5.41) is 0. The number of carbonyl (C=O) groups is 2. The van der Waals surface area contributed by atoms with Crippen LogP contribution in [0.1, 0.15) is 51.4 Å². The second kappa shape index (κ2) is 9.64. The van der Waals surface area contributed by atoms with Crippen LogP contribution in [0.2, 0.25) is 0 Å². The molecule has 0 aliphatic carbocycles. The Hall–Kier alpha value is -4.99. The van der Waals surface area contributed by atoms with Gasteiger partial charge in [0, 0.05) is 18.0 Å². The first-order valence-corrected chi connectivity index (χ1v) is 12.7. The number of carbonyl (C=O) groups excluding carboxylic acids is 2. The number of fused-ring (bicyclic) bond motifs is 1. The molecule has 0 saturated heterocycles. The van der Waals surface area contributed by atoms with Crippen LogP contribution in [0.15, 0.2) is 90.2 Å². The summed E-state index contributed by atoms with van der Waals surface area (Å²) in [6.45, 7) is 2.52. The van der Waals surface area contributed by atoms with Gasteiger partial charge in [-0.1, -0.05) is 36.4 Å². The molecular formula is C30H24F2N6O2. The molecule has 2 amide bonds. The second-order valence-corrected chi connectivity index (χ2v) is 9.78. The molecule has 0 bridgehead atoms. The molecule has 0 spiro atoms. The number of benzene rings is 3. The zero-order valence-corrected chi connectivity index (χ0v) is 21.5. The Labute approximate surface area is 228 Å². The number of nitrogens with zero attached hydrogens (tertiary/aromatic N) is 5. The van der Waals surface area contributed by atoms with Gasteiger partial charge in [0.2, 0.25) is 0 Å². The maximum absolute atomic E-state index is 14.2. The minimum absolute atomic E-state index is 0.0463. The van der Waals surface area contributed by atoms with Gasteiger partial charge < -0.3 is 10.6 Å². The van der Waals surface area contributed by atoms with Gasteiger partial charge in [-0.25, -0.2) is 13.8 Å². The van der Waals surface area contributed by atoms with Crippen LogP contribution in [0.4, 0.5) is 8.78 Å². The highest BCUT2D eigenvalue weighted by Gasteiger charge is 2.52. The van der Waals surface area contributed by atoms with E-state index in [4.69, 9.17) is 5.73 Å². The lowest BCUT2D eigenvalue weighted by atomic mass is 9.82. The number of guanidine groups is 1. The monoisotopic (exact) mass is 538 g/mol. The zero-order chi connectivity index (χ0) is 28.0. The van der Waals surface area contributed by atoms with Gasteiger partial charge in [-0.15, -0.1) is 0 Å². The van der Waals surface area contributed by atoms with Gasteiger partial charge in [-0.2, -0.15) is 0 Å². The summed E-state index contributed by atoms with van der Waals surface area (Å²) in [7, 11) is 0. The maximum Gasteiger partial charge on any atom is 0.267 e. The summed E-state index contributed by atoms with van der Waals surface area (Å²) in [4.78, 5) is 43.8. The third-order valence-corrected chi connectivity index (χ3v) is 7.41. The molecule has 3 aromatic carbocycles. The number of aromatic nitrogens is 2. The number of hydrogen-bond acceptors (Lipinski definition) is 6. The summed E-state index contributed by atoms with van der Waals surface area (Å²) in [5.74, 6) is -1.65. The summed E-state index contributed by atoms with van der Waals surface area (Å²) in [6, 6.07) is 17.2. The van der Waals surface area contributed by atoms with E-state index < -0.39 is 29.1 Å². The van der Waals surface area contributed by atoms with Crippen LogP contribution >= 0.6 is 0 Å². The van der Waals surface area contributed by atoms with Crippen molar-refractivity contribution in [2.75, 3.05) is 0 Å². The van der Waals surface area contributed by atoms with Crippen molar-refractivity contribution in [3.63, 3.8) is 0 Å². The van der Waals surface area contributed by atoms with Crippen LogP contribution in [0, 0.1) is 11.6 Å². The van der Waals surface area contributed by atoms with Crippen molar-refractivity contribution < 1.29 is 18.4 Å². The van der Waals surface area contributed by atoms with Gasteiger partial charge in [0.25, 0.3) is 11.8 Å². The molecule has 2 N–H and O–H groups in total. The molecule has 0 unspecified atom stereocenters. The fraction of sp³-hybridized carbons (Fsp3) is 0.167. The van der Waals surface area contributed by atoms with Crippen molar-refractivity contribution >= 4 is 17.8 Å². The second-order valence-electron chi connectivity index (χ2n) is 9.78. The Morgan fingerprint density at radius 2 is 1.45 bits per heavy atom. The van der Waals surface area contributed by atoms with Crippen LogP contribution in [0.25, 0.3) is 0 Å². The summed E-state index contributed by atoms with van der Waals surface area (Å²) in [5.41, 5.74) is 8.18. The molecule has 10 heteroatoms. The fourth-order valence-corrected chi connectivity index (χ4v) is 5.34. The first kappa shape index (κ1) is 25.3. The van der Waals surface area contributed by atoms with E-state index in [0.717, 1.165) is 11.4 Å². The van der Waals surface area contributed by atoms with E-state index in [9.17, 15) is 18.4 Å². The maximum atomic E-state index is 14.2. The van der Waals surface area contributed by atoms with E-state index in [1.165, 1.54) is 53.4 Å². The minimum Gasteiger partial charge on any atom is -0.369 e. The van der Waals surface area contributed by atoms with Crippen molar-refractivity contribution in [2.45, 2.75) is 31.6 Å². The Kier molecular flexibility index (Phi) is 6.10. The lowest BCUT2D eigenvalue weighted by molar-refractivity contribution is -0.131. The van der Waals surface area contributed by atoms with Crippen LogP contribution in [-0.2, 0) is 23.4 Å². The molecule has 8 nitrogen and oxygen atoms in total. The topological polar surface area (TPSA) is 105 Å². The molecule has 40 heavy (non-hydrogen) atoms. The largest absolute Gasteiger partial charge is 0.369 e. The molecule has 1 aromatic heterocycles. The van der Waals surface area contributed by atoms with Crippen molar-refractivity contribution in [3.05, 3.63) is 130 Å². The van der Waals surface area contributed by atoms with Gasteiger partial charge in [-0.05, 0) is 60.0 Å². The smallest absolute Gasteiger partial charge is 0.267 e. The fourth-order valence-electron chi connectivity index (χ4n) is 5.34. The molecule has 4 aromatic rings. The molecular weight excluding hydrogens is 514 g/mol. The molecule has 2 aliphatic rings. The van der Waals surface area contributed by atoms with Gasteiger partial charge in [0.1, 0.15) is 11.6 Å². The number of rotatable bonds is 5. The van der Waals surface area contributed by atoms with E-state index >= 15 is 0 Å². The Bertz CT molecular complexity index is 1590. The molecule has 3 heterocycles. The van der Waals surface area contributed by atoms with Crippen LogP contribution in [0.3, 0.4) is 0 Å². The summed E-state index contributed by atoms with van der Waals surface area (Å²) < 4.78 is 27.6. The van der Waals surface area contributed by atoms with Crippen LogP contribution in [0.5, 0.6) is 0 Å². The highest BCUT2D eigenvalue weighted by atomic mass is 19.1. The number of nitrogens with two attached hydrogens (primary N) is 1. The first-order valence-electron chi connectivity index (χ1n) is 12.7. The van der Waals surface area contributed by atoms with Crippen LogP contribution < -0.4 is 5.73 Å². The van der Waals surface area contributed by atoms with Gasteiger partial charge >= 0.3 is 0 Å². The molecule has 0 fully saturated rings. The van der Waals surface area contributed by atoms with Crippen molar-refractivity contribution in [1.82, 2.24) is 19.8 Å². The number of hydrogen-bond donors (Lipinski definition) is 1. The Morgan fingerprint density at radius 1 is 0.900 bits per heavy atom. The molecule has 6 rings (SSSR count). The van der Waals surface area contributed by atoms with Gasteiger partial charge in [0.15, 0.2) is 11.5 Å². The zero-order valence-electron chi connectivity index (χ0n) is 21.5. The average Bonchev–Trinajstić information content (AvgIpc) is 3.52. The Morgan fingerprint density at radius 3 is 2.00 bits per heavy atom.